The van der Waals surface area contributed by atoms with Gasteiger partial charge in [0.1, 0.15) is 10.5 Å². The lowest BCUT2D eigenvalue weighted by Crippen LogP contribution is -1.94. The summed E-state index contributed by atoms with van der Waals surface area (Å²) in [4.78, 5) is 8.82. The molecule has 2 aromatic rings. The number of aromatic nitrogens is 2. The van der Waals surface area contributed by atoms with Crippen LogP contribution in [-0.4, -0.2) is 9.97 Å². The van der Waals surface area contributed by atoms with Gasteiger partial charge in [-0.1, -0.05) is 23.8 Å². The van der Waals surface area contributed by atoms with Crippen LogP contribution in [0.25, 0.3) is 10.6 Å². The standard InChI is InChI=1S/C11H9ClN2S2/c12-9-4-3-8(16-9)7-5-10(15)14-11(13-7)6-1-2-6/h3-6H,1-2H2,(H,13,14,15). The van der Waals surface area contributed by atoms with Crippen molar-refractivity contribution >= 4 is 35.2 Å². The van der Waals surface area contributed by atoms with Crippen molar-refractivity contribution in [1.29, 1.82) is 0 Å². The van der Waals surface area contributed by atoms with Crippen LogP contribution in [0.2, 0.25) is 4.34 Å². The van der Waals surface area contributed by atoms with Gasteiger partial charge in [0, 0.05) is 5.92 Å². The number of hydrogen-bond acceptors (Lipinski definition) is 3. The molecule has 2 heterocycles. The van der Waals surface area contributed by atoms with Gasteiger partial charge in [0.25, 0.3) is 0 Å². The minimum Gasteiger partial charge on any atom is -0.342 e. The van der Waals surface area contributed by atoms with Crippen molar-refractivity contribution in [3.05, 3.63) is 33.0 Å². The molecule has 0 bridgehead atoms. The number of nitrogens with one attached hydrogen (secondary N) is 1. The van der Waals surface area contributed by atoms with Gasteiger partial charge in [0.05, 0.1) is 14.9 Å². The number of aromatic amines is 1. The summed E-state index contributed by atoms with van der Waals surface area (Å²) in [5, 5.41) is 0. The van der Waals surface area contributed by atoms with Crippen molar-refractivity contribution in [2.45, 2.75) is 18.8 Å². The van der Waals surface area contributed by atoms with Crippen LogP contribution in [0.5, 0.6) is 0 Å². The maximum absolute atomic E-state index is 5.93. The molecule has 0 atom stereocenters. The molecule has 0 amide bonds. The van der Waals surface area contributed by atoms with Gasteiger partial charge in [-0.2, -0.15) is 0 Å². The topological polar surface area (TPSA) is 28.7 Å². The van der Waals surface area contributed by atoms with E-state index in [9.17, 15) is 0 Å². The molecular weight excluding hydrogens is 260 g/mol. The Hall–Kier alpha value is -0.710. The summed E-state index contributed by atoms with van der Waals surface area (Å²) in [6.45, 7) is 0. The highest BCUT2D eigenvalue weighted by molar-refractivity contribution is 7.71. The van der Waals surface area contributed by atoms with Crippen molar-refractivity contribution < 1.29 is 0 Å². The molecule has 0 radical (unpaired) electrons. The number of nitrogens with zero attached hydrogens (tertiary/aromatic N) is 1. The lowest BCUT2D eigenvalue weighted by Gasteiger charge is -2.02. The van der Waals surface area contributed by atoms with E-state index in [1.165, 1.54) is 12.8 Å². The average molecular weight is 269 g/mol. The third-order valence-corrected chi connectivity index (χ3v) is 4.04. The second kappa shape index (κ2) is 3.95. The summed E-state index contributed by atoms with van der Waals surface area (Å²) in [6, 6.07) is 5.79. The minimum atomic E-state index is 0.581. The maximum atomic E-state index is 5.93. The van der Waals surface area contributed by atoms with Crippen LogP contribution in [0.3, 0.4) is 0 Å². The fraction of sp³-hybridized carbons (Fsp3) is 0.273. The van der Waals surface area contributed by atoms with Gasteiger partial charge in [0.15, 0.2) is 0 Å². The summed E-state index contributed by atoms with van der Waals surface area (Å²) >= 11 is 12.7. The quantitative estimate of drug-likeness (QED) is 0.818. The maximum Gasteiger partial charge on any atom is 0.130 e. The molecule has 0 aliphatic heterocycles. The first-order valence-corrected chi connectivity index (χ1v) is 6.69. The second-order valence-electron chi connectivity index (χ2n) is 3.90. The van der Waals surface area contributed by atoms with Crippen molar-refractivity contribution in [2.24, 2.45) is 0 Å². The molecular formula is C11H9ClN2S2. The van der Waals surface area contributed by atoms with Crippen molar-refractivity contribution in [2.75, 3.05) is 0 Å². The van der Waals surface area contributed by atoms with E-state index >= 15 is 0 Å². The molecule has 1 fully saturated rings. The molecule has 2 aromatic heterocycles. The van der Waals surface area contributed by atoms with E-state index in [2.05, 4.69) is 9.97 Å². The van der Waals surface area contributed by atoms with Crippen LogP contribution in [-0.2, 0) is 0 Å². The lowest BCUT2D eigenvalue weighted by molar-refractivity contribution is 0.925. The Morgan fingerprint density at radius 2 is 2.25 bits per heavy atom. The van der Waals surface area contributed by atoms with Crippen molar-refractivity contribution in [3.63, 3.8) is 0 Å². The molecule has 0 spiro atoms. The third kappa shape index (κ3) is 2.05. The molecule has 1 aliphatic rings. The van der Waals surface area contributed by atoms with Crippen molar-refractivity contribution in [1.82, 2.24) is 9.97 Å². The van der Waals surface area contributed by atoms with E-state index in [0.29, 0.717) is 10.6 Å². The summed E-state index contributed by atoms with van der Waals surface area (Å²) in [7, 11) is 0. The van der Waals surface area contributed by atoms with E-state index in [1.54, 1.807) is 11.3 Å². The highest BCUT2D eigenvalue weighted by atomic mass is 35.5. The van der Waals surface area contributed by atoms with E-state index in [-0.39, 0.29) is 0 Å². The largest absolute Gasteiger partial charge is 0.342 e. The first-order chi connectivity index (χ1) is 7.72. The van der Waals surface area contributed by atoms with Crippen LogP contribution >= 0.6 is 35.2 Å². The van der Waals surface area contributed by atoms with Crippen LogP contribution in [0, 0.1) is 4.64 Å². The number of halogens is 1. The van der Waals surface area contributed by atoms with E-state index in [1.807, 2.05) is 18.2 Å². The first-order valence-electron chi connectivity index (χ1n) is 5.09. The Morgan fingerprint density at radius 1 is 1.44 bits per heavy atom. The summed E-state index contributed by atoms with van der Waals surface area (Å²) in [5.41, 5.74) is 1.03. The zero-order valence-electron chi connectivity index (χ0n) is 8.37. The zero-order chi connectivity index (χ0) is 11.1. The summed E-state index contributed by atoms with van der Waals surface area (Å²) < 4.78 is 1.44. The zero-order valence-corrected chi connectivity index (χ0v) is 10.8. The molecule has 1 aliphatic carbocycles. The number of hydrogen-bond donors (Lipinski definition) is 1. The fourth-order valence-corrected chi connectivity index (χ4v) is 2.85. The summed E-state index contributed by atoms with van der Waals surface area (Å²) in [6.07, 6.45) is 2.43. The predicted molar refractivity (Wildman–Crippen MR) is 69.7 cm³/mol. The predicted octanol–water partition coefficient (Wildman–Crippen LogP) is 4.40. The van der Waals surface area contributed by atoms with Gasteiger partial charge < -0.3 is 4.98 Å². The molecule has 82 valence electrons. The van der Waals surface area contributed by atoms with Crippen LogP contribution in [0.15, 0.2) is 18.2 Å². The molecule has 1 saturated carbocycles. The number of rotatable bonds is 2. The average Bonchev–Trinajstić information content (AvgIpc) is 3.01. The second-order valence-corrected chi connectivity index (χ2v) is 6.03. The van der Waals surface area contributed by atoms with Crippen LogP contribution in [0.1, 0.15) is 24.6 Å². The highest BCUT2D eigenvalue weighted by Crippen LogP contribution is 2.39. The highest BCUT2D eigenvalue weighted by Gasteiger charge is 2.26. The van der Waals surface area contributed by atoms with Gasteiger partial charge in [-0.25, -0.2) is 4.98 Å². The monoisotopic (exact) mass is 268 g/mol. The first kappa shape index (κ1) is 10.4. The Balaban J connectivity index is 2.09. The number of H-pyrrole nitrogens is 1. The van der Waals surface area contributed by atoms with Gasteiger partial charge in [0.2, 0.25) is 0 Å². The molecule has 2 nitrogen and oxygen atoms in total. The van der Waals surface area contributed by atoms with Gasteiger partial charge in [-0.3, -0.25) is 0 Å². The van der Waals surface area contributed by atoms with Crippen LogP contribution in [0.4, 0.5) is 0 Å². The third-order valence-electron chi connectivity index (χ3n) is 2.56. The SMILES string of the molecule is S=c1cc(-c2ccc(Cl)s2)[nH]c(C2CC2)n1. The normalized spacial score (nSPS) is 15.3. The molecule has 3 rings (SSSR count). The Kier molecular flexibility index (Phi) is 2.58. The lowest BCUT2D eigenvalue weighted by atomic mass is 10.3. The van der Waals surface area contributed by atoms with Gasteiger partial charge >= 0.3 is 0 Å². The number of thiophene rings is 1. The Bertz CT molecular complexity index is 584. The van der Waals surface area contributed by atoms with E-state index in [4.69, 9.17) is 23.8 Å². The smallest absolute Gasteiger partial charge is 0.130 e. The van der Waals surface area contributed by atoms with E-state index in [0.717, 1.165) is 20.7 Å². The molecule has 0 saturated heterocycles. The van der Waals surface area contributed by atoms with Crippen molar-refractivity contribution in [3.8, 4) is 10.6 Å². The Labute approximate surface area is 107 Å². The molecule has 16 heavy (non-hydrogen) atoms. The minimum absolute atomic E-state index is 0.581. The Morgan fingerprint density at radius 3 is 2.88 bits per heavy atom. The molecule has 5 heteroatoms. The summed E-state index contributed by atoms with van der Waals surface area (Å²) in [5.74, 6) is 1.60. The van der Waals surface area contributed by atoms with Crippen LogP contribution < -0.4 is 0 Å². The van der Waals surface area contributed by atoms with Gasteiger partial charge in [-0.05, 0) is 31.0 Å². The molecule has 0 aromatic carbocycles. The molecule has 0 unspecified atom stereocenters. The fourth-order valence-electron chi connectivity index (χ4n) is 1.62. The molecule has 1 N–H and O–H groups in total. The van der Waals surface area contributed by atoms with E-state index < -0.39 is 0 Å². The van der Waals surface area contributed by atoms with Gasteiger partial charge in [-0.15, -0.1) is 11.3 Å².